The van der Waals surface area contributed by atoms with Crippen molar-refractivity contribution < 1.29 is 14.2 Å². The monoisotopic (exact) mass is 218 g/mol. The van der Waals surface area contributed by atoms with Crippen molar-refractivity contribution in [2.45, 2.75) is 19.6 Å². The molecular formula is C8H11FN2O4. The van der Waals surface area contributed by atoms with E-state index < -0.39 is 22.9 Å². The smallest absolute Gasteiger partial charge is 0.331 e. The van der Waals surface area contributed by atoms with E-state index in [0.717, 1.165) is 0 Å². The molecule has 1 aromatic heterocycles. The fourth-order valence-corrected chi connectivity index (χ4v) is 1.04. The molecular weight excluding hydrogens is 207 g/mol. The Morgan fingerprint density at radius 1 is 1.60 bits per heavy atom. The zero-order valence-electron chi connectivity index (χ0n) is 8.28. The molecule has 0 saturated heterocycles. The molecule has 0 saturated carbocycles. The van der Waals surface area contributed by atoms with Crippen LogP contribution in [0.1, 0.15) is 6.92 Å². The van der Waals surface area contributed by atoms with Crippen molar-refractivity contribution in [3.63, 3.8) is 0 Å². The highest BCUT2D eigenvalue weighted by atomic mass is 19.1. The predicted octanol–water partition coefficient (Wildman–Crippen LogP) is -0.584. The number of H-pyrrole nitrogens is 1. The maximum atomic E-state index is 12.9. The molecule has 0 spiro atoms. The third-order valence-electron chi connectivity index (χ3n) is 1.96. The largest absolute Gasteiger partial charge is 0.492 e. The van der Waals surface area contributed by atoms with E-state index in [-0.39, 0.29) is 12.6 Å². The van der Waals surface area contributed by atoms with E-state index in [1.165, 1.54) is 7.11 Å². The Morgan fingerprint density at radius 3 is 2.73 bits per heavy atom. The van der Waals surface area contributed by atoms with Crippen LogP contribution in [0, 0.1) is 5.82 Å². The summed E-state index contributed by atoms with van der Waals surface area (Å²) in [7, 11) is 1.41. The first-order valence-electron chi connectivity index (χ1n) is 4.21. The van der Waals surface area contributed by atoms with Gasteiger partial charge in [-0.15, -0.1) is 0 Å². The van der Waals surface area contributed by atoms with Gasteiger partial charge < -0.3 is 9.84 Å². The van der Waals surface area contributed by atoms with Gasteiger partial charge in [-0.3, -0.25) is 14.3 Å². The Bertz CT molecular complexity index is 465. The topological polar surface area (TPSA) is 84.3 Å². The molecule has 0 aromatic carbocycles. The molecule has 6 nitrogen and oxygen atoms in total. The van der Waals surface area contributed by atoms with Crippen LogP contribution in [0.3, 0.4) is 0 Å². The van der Waals surface area contributed by atoms with Crippen molar-refractivity contribution in [1.29, 1.82) is 0 Å². The summed E-state index contributed by atoms with van der Waals surface area (Å²) in [6.07, 6.45) is -0.390. The Morgan fingerprint density at radius 2 is 2.20 bits per heavy atom. The van der Waals surface area contributed by atoms with Gasteiger partial charge in [0, 0.05) is 7.11 Å². The number of nitrogens with one attached hydrogen (secondary N) is 1. The van der Waals surface area contributed by atoms with Crippen LogP contribution in [0.15, 0.2) is 9.59 Å². The molecule has 1 unspecified atom stereocenters. The first-order valence-corrected chi connectivity index (χ1v) is 4.21. The molecule has 1 rings (SSSR count). The number of methoxy groups -OCH3 is 1. The minimum Gasteiger partial charge on any atom is -0.492 e. The van der Waals surface area contributed by atoms with Gasteiger partial charge in [0.05, 0.1) is 12.6 Å². The quantitative estimate of drug-likeness (QED) is 0.710. The van der Waals surface area contributed by atoms with Crippen molar-refractivity contribution in [1.82, 2.24) is 9.55 Å². The van der Waals surface area contributed by atoms with Crippen molar-refractivity contribution >= 4 is 0 Å². The average molecular weight is 218 g/mol. The number of nitrogens with zero attached hydrogens (tertiary/aromatic N) is 1. The molecule has 0 fully saturated rings. The standard InChI is InChI=1S/C8H11FN2O4/c1-4(15-2)3-11-7(13)5(9)6(12)10-8(11)14/h4,13H,3H2,1-2H3,(H,10,12,14). The van der Waals surface area contributed by atoms with Crippen LogP contribution in [0.2, 0.25) is 0 Å². The lowest BCUT2D eigenvalue weighted by Gasteiger charge is -2.12. The Balaban J connectivity index is 3.24. The van der Waals surface area contributed by atoms with Gasteiger partial charge in [0.1, 0.15) is 0 Å². The second-order valence-corrected chi connectivity index (χ2v) is 3.05. The van der Waals surface area contributed by atoms with Gasteiger partial charge in [0.15, 0.2) is 0 Å². The number of hydrogen-bond acceptors (Lipinski definition) is 4. The van der Waals surface area contributed by atoms with Crippen molar-refractivity contribution in [2.24, 2.45) is 0 Å². The Kier molecular flexibility index (Phi) is 3.25. The first kappa shape index (κ1) is 11.4. The molecule has 1 aromatic rings. The molecule has 2 N–H and O–H groups in total. The minimum absolute atomic E-state index is 0.0468. The lowest BCUT2D eigenvalue weighted by atomic mass is 10.4. The second kappa shape index (κ2) is 4.26. The zero-order valence-corrected chi connectivity index (χ0v) is 8.28. The van der Waals surface area contributed by atoms with E-state index in [4.69, 9.17) is 4.74 Å². The van der Waals surface area contributed by atoms with Crippen LogP contribution in [-0.4, -0.2) is 27.9 Å². The number of aromatic amines is 1. The molecule has 0 amide bonds. The molecule has 0 radical (unpaired) electrons. The van der Waals surface area contributed by atoms with Crippen LogP contribution >= 0.6 is 0 Å². The molecule has 15 heavy (non-hydrogen) atoms. The summed E-state index contributed by atoms with van der Waals surface area (Å²) in [5, 5.41) is 9.22. The van der Waals surface area contributed by atoms with Gasteiger partial charge in [-0.25, -0.2) is 4.79 Å². The maximum Gasteiger partial charge on any atom is 0.331 e. The van der Waals surface area contributed by atoms with E-state index in [9.17, 15) is 19.1 Å². The normalized spacial score (nSPS) is 12.7. The van der Waals surface area contributed by atoms with Gasteiger partial charge in [0.2, 0.25) is 11.7 Å². The second-order valence-electron chi connectivity index (χ2n) is 3.05. The van der Waals surface area contributed by atoms with Gasteiger partial charge >= 0.3 is 5.69 Å². The minimum atomic E-state index is -1.38. The van der Waals surface area contributed by atoms with Gasteiger partial charge in [0.25, 0.3) is 5.56 Å². The number of aromatic hydroxyl groups is 1. The third kappa shape index (κ3) is 2.24. The Hall–Kier alpha value is -1.63. The van der Waals surface area contributed by atoms with E-state index in [1.807, 2.05) is 0 Å². The van der Waals surface area contributed by atoms with Crippen LogP contribution < -0.4 is 11.2 Å². The Labute approximate surface area is 83.9 Å². The van der Waals surface area contributed by atoms with Gasteiger partial charge in [-0.05, 0) is 6.92 Å². The molecule has 1 atom stereocenters. The van der Waals surface area contributed by atoms with Crippen LogP contribution in [0.25, 0.3) is 0 Å². The van der Waals surface area contributed by atoms with Crippen molar-refractivity contribution in [3.05, 3.63) is 26.7 Å². The number of hydrogen-bond donors (Lipinski definition) is 2. The van der Waals surface area contributed by atoms with Crippen LogP contribution in [0.5, 0.6) is 5.88 Å². The highest BCUT2D eigenvalue weighted by Gasteiger charge is 2.15. The average Bonchev–Trinajstić information content (AvgIpc) is 2.21. The van der Waals surface area contributed by atoms with Crippen LogP contribution in [-0.2, 0) is 11.3 Å². The number of ether oxygens (including phenoxy) is 1. The van der Waals surface area contributed by atoms with E-state index in [2.05, 4.69) is 0 Å². The summed E-state index contributed by atoms with van der Waals surface area (Å²) < 4.78 is 18.5. The molecule has 7 heteroatoms. The summed E-state index contributed by atoms with van der Waals surface area (Å²) in [4.78, 5) is 23.7. The molecule has 1 heterocycles. The molecule has 0 aliphatic carbocycles. The fraction of sp³-hybridized carbons (Fsp3) is 0.500. The first-order chi connectivity index (χ1) is 6.97. The maximum absolute atomic E-state index is 12.9. The lowest BCUT2D eigenvalue weighted by molar-refractivity contribution is 0.0984. The molecule has 0 aliphatic heterocycles. The number of halogens is 1. The molecule has 0 aliphatic rings. The number of rotatable bonds is 3. The van der Waals surface area contributed by atoms with Gasteiger partial charge in [-0.1, -0.05) is 0 Å². The van der Waals surface area contributed by atoms with E-state index in [0.29, 0.717) is 4.57 Å². The highest BCUT2D eigenvalue weighted by molar-refractivity contribution is 5.09. The lowest BCUT2D eigenvalue weighted by Crippen LogP contribution is -2.34. The summed E-state index contributed by atoms with van der Waals surface area (Å²) >= 11 is 0. The zero-order chi connectivity index (χ0) is 11.6. The summed E-state index contributed by atoms with van der Waals surface area (Å²) in [6, 6.07) is 0. The summed E-state index contributed by atoms with van der Waals surface area (Å²) in [6.45, 7) is 1.59. The fourth-order valence-electron chi connectivity index (χ4n) is 1.04. The summed E-state index contributed by atoms with van der Waals surface area (Å²) in [5.41, 5.74) is -2.11. The highest BCUT2D eigenvalue weighted by Crippen LogP contribution is 2.08. The molecule has 84 valence electrons. The van der Waals surface area contributed by atoms with E-state index >= 15 is 0 Å². The predicted molar refractivity (Wildman–Crippen MR) is 49.4 cm³/mol. The SMILES string of the molecule is COC(C)Cn1c(O)c(F)c(=O)[nH]c1=O. The van der Waals surface area contributed by atoms with E-state index in [1.54, 1.807) is 11.9 Å². The molecule has 0 bridgehead atoms. The van der Waals surface area contributed by atoms with Crippen molar-refractivity contribution in [3.8, 4) is 5.88 Å². The summed E-state index contributed by atoms with van der Waals surface area (Å²) in [5.74, 6) is -2.36. The van der Waals surface area contributed by atoms with Crippen LogP contribution in [0.4, 0.5) is 4.39 Å². The number of aromatic nitrogens is 2. The van der Waals surface area contributed by atoms with Crippen molar-refractivity contribution in [2.75, 3.05) is 7.11 Å². The third-order valence-corrected chi connectivity index (χ3v) is 1.96. The van der Waals surface area contributed by atoms with Gasteiger partial charge in [-0.2, -0.15) is 4.39 Å².